The molecule has 0 bridgehead atoms. The van der Waals surface area contributed by atoms with Crippen molar-refractivity contribution in [3.63, 3.8) is 0 Å². The van der Waals surface area contributed by atoms with Crippen LogP contribution in [-0.2, 0) is 0 Å². The summed E-state index contributed by atoms with van der Waals surface area (Å²) >= 11 is 1.81. The van der Waals surface area contributed by atoms with E-state index in [0.29, 0.717) is 0 Å². The average Bonchev–Trinajstić information content (AvgIpc) is 3.75. The molecule has 6 aromatic carbocycles. The zero-order valence-corrected chi connectivity index (χ0v) is 25.0. The first-order valence-electron chi connectivity index (χ1n) is 15.2. The van der Waals surface area contributed by atoms with Gasteiger partial charge in [0.05, 0.1) is 26.8 Å². The predicted molar refractivity (Wildman–Crippen MR) is 191 cm³/mol. The molecule has 45 heavy (non-hydrogen) atoms. The summed E-state index contributed by atoms with van der Waals surface area (Å²) in [4.78, 5) is 5.05. The van der Waals surface area contributed by atoms with E-state index in [1.165, 1.54) is 63.9 Å². The topological polar surface area (TPSA) is 22.8 Å². The summed E-state index contributed by atoms with van der Waals surface area (Å²) in [6.07, 6.45) is 2.05. The minimum absolute atomic E-state index is 0.933. The van der Waals surface area contributed by atoms with Gasteiger partial charge in [0.15, 0.2) is 0 Å². The highest BCUT2D eigenvalue weighted by Crippen LogP contribution is 2.40. The van der Waals surface area contributed by atoms with Crippen molar-refractivity contribution in [1.29, 1.82) is 0 Å². The standard InChI is InChI=1S/C41H25N3S/c1-2-10-26(11-3-1)27-18-21-39-33(22-27)34-24-41(42-25-40(34)45-39)44-37-17-9-6-14-31(37)32-23-28(19-20-38(32)44)43-35-15-7-4-12-29(35)30-13-5-8-16-36(30)43/h1-25H. The summed E-state index contributed by atoms with van der Waals surface area (Å²) in [6.45, 7) is 0. The lowest BCUT2D eigenvalue weighted by atomic mass is 10.0. The van der Waals surface area contributed by atoms with E-state index in [0.717, 1.165) is 22.5 Å². The summed E-state index contributed by atoms with van der Waals surface area (Å²) in [7, 11) is 0. The van der Waals surface area contributed by atoms with Crippen LogP contribution in [0.2, 0.25) is 0 Å². The number of thiophene rings is 1. The van der Waals surface area contributed by atoms with Crippen LogP contribution in [0.15, 0.2) is 152 Å². The van der Waals surface area contributed by atoms with Crippen LogP contribution in [0.1, 0.15) is 0 Å². The van der Waals surface area contributed by atoms with Crippen LogP contribution in [-0.4, -0.2) is 14.1 Å². The SMILES string of the molecule is c1ccc(-c2ccc3sc4cnc(-n5c6ccccc6c6cc(-n7c8ccccc8c8ccccc87)ccc65)cc4c3c2)cc1. The smallest absolute Gasteiger partial charge is 0.138 e. The first-order chi connectivity index (χ1) is 22.3. The van der Waals surface area contributed by atoms with Crippen LogP contribution >= 0.6 is 11.3 Å². The van der Waals surface area contributed by atoms with E-state index >= 15 is 0 Å². The van der Waals surface area contributed by atoms with Gasteiger partial charge in [0.1, 0.15) is 5.82 Å². The van der Waals surface area contributed by atoms with Gasteiger partial charge < -0.3 is 4.57 Å². The molecule has 0 radical (unpaired) electrons. The summed E-state index contributed by atoms with van der Waals surface area (Å²) in [6, 6.07) is 52.6. The molecule has 0 aliphatic rings. The fraction of sp³-hybridized carbons (Fsp3) is 0. The third-order valence-electron chi connectivity index (χ3n) is 9.17. The molecule has 0 unspecified atom stereocenters. The lowest BCUT2D eigenvalue weighted by Gasteiger charge is -2.10. The zero-order valence-electron chi connectivity index (χ0n) is 24.2. The number of hydrogen-bond donors (Lipinski definition) is 0. The number of para-hydroxylation sites is 3. The normalized spacial score (nSPS) is 12.0. The number of pyridine rings is 1. The largest absolute Gasteiger partial charge is 0.309 e. The molecule has 0 aliphatic carbocycles. The van der Waals surface area contributed by atoms with Crippen molar-refractivity contribution < 1.29 is 0 Å². The Morgan fingerprint density at radius 3 is 1.73 bits per heavy atom. The molecule has 0 amide bonds. The number of fused-ring (bicyclic) bond motifs is 9. The molecule has 0 N–H and O–H groups in total. The van der Waals surface area contributed by atoms with Crippen LogP contribution in [0, 0.1) is 0 Å². The van der Waals surface area contributed by atoms with Crippen LogP contribution in [0.3, 0.4) is 0 Å². The van der Waals surface area contributed by atoms with Crippen LogP contribution in [0.4, 0.5) is 0 Å². The average molecular weight is 592 g/mol. The highest BCUT2D eigenvalue weighted by molar-refractivity contribution is 7.25. The Bertz CT molecular complexity index is 2710. The molecule has 4 aromatic heterocycles. The van der Waals surface area contributed by atoms with Gasteiger partial charge in [0.25, 0.3) is 0 Å². The van der Waals surface area contributed by atoms with Crippen molar-refractivity contribution in [1.82, 2.24) is 14.1 Å². The number of rotatable bonds is 3. The van der Waals surface area contributed by atoms with Gasteiger partial charge in [-0.2, -0.15) is 0 Å². The maximum Gasteiger partial charge on any atom is 0.138 e. The zero-order chi connectivity index (χ0) is 29.5. The lowest BCUT2D eigenvalue weighted by Crippen LogP contribution is -1.97. The van der Waals surface area contributed by atoms with Gasteiger partial charge in [-0.25, -0.2) is 4.98 Å². The Morgan fingerprint density at radius 2 is 1.00 bits per heavy atom. The van der Waals surface area contributed by atoms with Crippen molar-refractivity contribution in [2.24, 2.45) is 0 Å². The quantitative estimate of drug-likeness (QED) is 0.200. The van der Waals surface area contributed by atoms with Gasteiger partial charge >= 0.3 is 0 Å². The van der Waals surface area contributed by atoms with Crippen molar-refractivity contribution in [2.75, 3.05) is 0 Å². The molecular formula is C41H25N3S. The van der Waals surface area contributed by atoms with Crippen molar-refractivity contribution in [2.45, 2.75) is 0 Å². The van der Waals surface area contributed by atoms with Crippen LogP contribution in [0.25, 0.3) is 86.4 Å². The Morgan fingerprint density at radius 1 is 0.400 bits per heavy atom. The van der Waals surface area contributed by atoms with Gasteiger partial charge in [-0.05, 0) is 65.7 Å². The number of benzene rings is 6. The van der Waals surface area contributed by atoms with Gasteiger partial charge in [-0.1, -0.05) is 91.0 Å². The highest BCUT2D eigenvalue weighted by atomic mass is 32.1. The second-order valence-electron chi connectivity index (χ2n) is 11.6. The summed E-state index contributed by atoms with van der Waals surface area (Å²) in [5.41, 5.74) is 8.36. The fourth-order valence-corrected chi connectivity index (χ4v) is 8.19. The second-order valence-corrected chi connectivity index (χ2v) is 12.7. The summed E-state index contributed by atoms with van der Waals surface area (Å²) < 4.78 is 7.20. The number of aromatic nitrogens is 3. The summed E-state index contributed by atoms with van der Waals surface area (Å²) in [5.74, 6) is 0.933. The molecular weight excluding hydrogens is 567 g/mol. The van der Waals surface area contributed by atoms with E-state index in [1.807, 2.05) is 6.20 Å². The van der Waals surface area contributed by atoms with E-state index < -0.39 is 0 Å². The molecule has 3 nitrogen and oxygen atoms in total. The second kappa shape index (κ2) is 9.39. The predicted octanol–water partition coefficient (Wildman–Crippen LogP) is 11.3. The molecule has 0 saturated heterocycles. The first kappa shape index (κ1) is 24.7. The van der Waals surface area contributed by atoms with Crippen molar-refractivity contribution in [3.05, 3.63) is 152 Å². The minimum atomic E-state index is 0.933. The Hall–Kier alpha value is -5.71. The molecule has 0 atom stereocenters. The first-order valence-corrected chi connectivity index (χ1v) is 16.0. The van der Waals surface area contributed by atoms with Gasteiger partial charge in [-0.15, -0.1) is 11.3 Å². The van der Waals surface area contributed by atoms with Crippen molar-refractivity contribution >= 4 is 75.1 Å². The number of hydrogen-bond acceptors (Lipinski definition) is 2. The highest BCUT2D eigenvalue weighted by Gasteiger charge is 2.17. The molecule has 0 saturated carbocycles. The molecule has 4 heterocycles. The van der Waals surface area contributed by atoms with Gasteiger partial charge in [0.2, 0.25) is 0 Å². The molecule has 10 aromatic rings. The minimum Gasteiger partial charge on any atom is -0.309 e. The number of nitrogens with zero attached hydrogens (tertiary/aromatic N) is 3. The molecule has 10 rings (SSSR count). The third kappa shape index (κ3) is 3.60. The summed E-state index contributed by atoms with van der Waals surface area (Å²) in [5, 5.41) is 7.49. The van der Waals surface area contributed by atoms with Crippen molar-refractivity contribution in [3.8, 4) is 22.6 Å². The maximum atomic E-state index is 5.05. The Labute approximate surface area is 262 Å². The van der Waals surface area contributed by atoms with E-state index in [4.69, 9.17) is 4.98 Å². The molecule has 210 valence electrons. The van der Waals surface area contributed by atoms with E-state index in [2.05, 4.69) is 155 Å². The monoisotopic (exact) mass is 591 g/mol. The van der Waals surface area contributed by atoms with Crippen LogP contribution in [0.5, 0.6) is 0 Å². The molecule has 0 spiro atoms. The van der Waals surface area contributed by atoms with Gasteiger partial charge in [-0.3, -0.25) is 4.57 Å². The Kier molecular flexibility index (Phi) is 5.16. The van der Waals surface area contributed by atoms with E-state index in [1.54, 1.807) is 11.3 Å². The lowest BCUT2D eigenvalue weighted by molar-refractivity contribution is 1.09. The third-order valence-corrected chi connectivity index (χ3v) is 10.3. The fourth-order valence-electron chi connectivity index (χ4n) is 7.15. The Balaban J connectivity index is 1.21. The van der Waals surface area contributed by atoms with Crippen LogP contribution < -0.4 is 0 Å². The maximum absolute atomic E-state index is 5.05. The van der Waals surface area contributed by atoms with E-state index in [9.17, 15) is 0 Å². The molecule has 0 aliphatic heterocycles. The molecule has 0 fully saturated rings. The molecule has 4 heteroatoms. The van der Waals surface area contributed by atoms with Gasteiger partial charge in [0, 0.05) is 48.9 Å². The van der Waals surface area contributed by atoms with E-state index in [-0.39, 0.29) is 0 Å².